The van der Waals surface area contributed by atoms with Crippen molar-refractivity contribution >= 4 is 0 Å². The molecule has 2 unspecified atom stereocenters. The van der Waals surface area contributed by atoms with E-state index in [-0.39, 0.29) is 12.1 Å². The quantitative estimate of drug-likeness (QED) is 0.863. The van der Waals surface area contributed by atoms with Crippen LogP contribution in [0.25, 0.3) is 0 Å². The third-order valence-electron chi connectivity index (χ3n) is 3.56. The van der Waals surface area contributed by atoms with Crippen LogP contribution in [0.5, 0.6) is 0 Å². The van der Waals surface area contributed by atoms with Gasteiger partial charge in [0.15, 0.2) is 11.6 Å². The minimum absolute atomic E-state index is 0.104. The summed E-state index contributed by atoms with van der Waals surface area (Å²) >= 11 is 0. The van der Waals surface area contributed by atoms with Crippen molar-refractivity contribution in [2.75, 3.05) is 26.2 Å². The number of morpholine rings is 1. The fourth-order valence-electron chi connectivity index (χ4n) is 2.68. The van der Waals surface area contributed by atoms with Crippen LogP contribution in [0.15, 0.2) is 12.1 Å². The van der Waals surface area contributed by atoms with Gasteiger partial charge in [-0.1, -0.05) is 6.92 Å². The zero-order valence-corrected chi connectivity index (χ0v) is 11.4. The second kappa shape index (κ2) is 6.56. The van der Waals surface area contributed by atoms with Gasteiger partial charge in [-0.3, -0.25) is 4.90 Å². The molecule has 0 bridgehead atoms. The van der Waals surface area contributed by atoms with Gasteiger partial charge in [0.1, 0.15) is 5.82 Å². The van der Waals surface area contributed by atoms with Crippen molar-refractivity contribution < 1.29 is 17.9 Å². The van der Waals surface area contributed by atoms with Crippen LogP contribution < -0.4 is 5.73 Å². The molecule has 1 saturated heterocycles. The van der Waals surface area contributed by atoms with Gasteiger partial charge in [0.2, 0.25) is 0 Å². The molecule has 2 N–H and O–H groups in total. The van der Waals surface area contributed by atoms with Gasteiger partial charge >= 0.3 is 0 Å². The average Bonchev–Trinajstić information content (AvgIpc) is 2.43. The highest BCUT2D eigenvalue weighted by Crippen LogP contribution is 2.32. The van der Waals surface area contributed by atoms with Gasteiger partial charge in [0.05, 0.1) is 18.8 Å². The minimum Gasteiger partial charge on any atom is -0.374 e. The number of nitrogens with zero attached hydrogens (tertiary/aromatic N) is 1. The van der Waals surface area contributed by atoms with Crippen LogP contribution in [0.2, 0.25) is 0 Å². The molecule has 0 radical (unpaired) electrons. The van der Waals surface area contributed by atoms with E-state index in [4.69, 9.17) is 10.5 Å². The third-order valence-corrected chi connectivity index (χ3v) is 3.56. The smallest absolute Gasteiger partial charge is 0.161 e. The number of benzene rings is 1. The van der Waals surface area contributed by atoms with Crippen molar-refractivity contribution in [2.24, 2.45) is 5.73 Å². The highest BCUT2D eigenvalue weighted by atomic mass is 19.2. The van der Waals surface area contributed by atoms with Crippen molar-refractivity contribution in [1.29, 1.82) is 0 Å². The van der Waals surface area contributed by atoms with Gasteiger partial charge in [-0.15, -0.1) is 0 Å². The summed E-state index contributed by atoms with van der Waals surface area (Å²) in [6.07, 6.45) is 0.452. The molecule has 112 valence electrons. The molecule has 1 heterocycles. The Morgan fingerprint density at radius 3 is 2.60 bits per heavy atom. The largest absolute Gasteiger partial charge is 0.374 e. The first-order valence-corrected chi connectivity index (χ1v) is 6.78. The van der Waals surface area contributed by atoms with Gasteiger partial charge in [-0.25, -0.2) is 13.2 Å². The molecule has 1 aliphatic rings. The Hall–Kier alpha value is -1.11. The van der Waals surface area contributed by atoms with E-state index in [0.717, 1.165) is 19.0 Å². The van der Waals surface area contributed by atoms with E-state index in [2.05, 4.69) is 0 Å². The number of rotatable bonds is 4. The van der Waals surface area contributed by atoms with Crippen LogP contribution in [-0.2, 0) is 4.74 Å². The van der Waals surface area contributed by atoms with Gasteiger partial charge < -0.3 is 10.5 Å². The van der Waals surface area contributed by atoms with Crippen LogP contribution in [0, 0.1) is 17.5 Å². The molecule has 1 aromatic rings. The summed E-state index contributed by atoms with van der Waals surface area (Å²) in [5.74, 6) is -3.01. The van der Waals surface area contributed by atoms with Crippen LogP contribution in [0.3, 0.4) is 0 Å². The molecule has 1 aliphatic heterocycles. The summed E-state index contributed by atoms with van der Waals surface area (Å²) in [5, 5.41) is 0. The molecule has 0 spiro atoms. The molecule has 1 aromatic carbocycles. The van der Waals surface area contributed by atoms with E-state index in [9.17, 15) is 13.2 Å². The standard InChI is InChI=1S/C14H19F3N2O/c1-2-3-19-4-5-20-13(8-18)14(19)9-6-11(16)12(17)7-10(9)15/h6-7,13-14H,2-5,8,18H2,1H3. The lowest BCUT2D eigenvalue weighted by atomic mass is 9.97. The van der Waals surface area contributed by atoms with Gasteiger partial charge in [0.25, 0.3) is 0 Å². The van der Waals surface area contributed by atoms with Crippen molar-refractivity contribution in [2.45, 2.75) is 25.5 Å². The predicted octanol–water partition coefficient (Wildman–Crippen LogP) is 2.21. The lowest BCUT2D eigenvalue weighted by molar-refractivity contribution is -0.0687. The molecule has 0 aromatic heterocycles. The Balaban J connectivity index is 2.40. The van der Waals surface area contributed by atoms with Gasteiger partial charge in [-0.2, -0.15) is 0 Å². The lowest BCUT2D eigenvalue weighted by Crippen LogP contribution is -2.48. The Morgan fingerprint density at radius 2 is 1.95 bits per heavy atom. The number of hydrogen-bond donors (Lipinski definition) is 1. The number of nitrogens with two attached hydrogens (primary N) is 1. The average molecular weight is 288 g/mol. The van der Waals surface area contributed by atoms with E-state index in [1.165, 1.54) is 0 Å². The predicted molar refractivity (Wildman–Crippen MR) is 69.7 cm³/mol. The highest BCUT2D eigenvalue weighted by Gasteiger charge is 2.34. The number of ether oxygens (including phenoxy) is 1. The molecule has 0 aliphatic carbocycles. The Kier molecular flexibility index (Phi) is 5.01. The first kappa shape index (κ1) is 15.3. The number of halogens is 3. The summed E-state index contributed by atoms with van der Waals surface area (Å²) < 4.78 is 46.0. The van der Waals surface area contributed by atoms with Crippen molar-refractivity contribution in [3.63, 3.8) is 0 Å². The van der Waals surface area contributed by atoms with E-state index in [1.54, 1.807) is 0 Å². The molecular formula is C14H19F3N2O. The zero-order chi connectivity index (χ0) is 14.7. The normalized spacial score (nSPS) is 24.1. The second-order valence-corrected chi connectivity index (χ2v) is 4.91. The maximum Gasteiger partial charge on any atom is 0.161 e. The second-order valence-electron chi connectivity index (χ2n) is 4.91. The third kappa shape index (κ3) is 2.97. The fourth-order valence-corrected chi connectivity index (χ4v) is 2.68. The first-order chi connectivity index (χ1) is 9.58. The summed E-state index contributed by atoms with van der Waals surface area (Å²) in [4.78, 5) is 2.01. The van der Waals surface area contributed by atoms with E-state index in [1.807, 2.05) is 11.8 Å². The summed E-state index contributed by atoms with van der Waals surface area (Å²) in [6.45, 7) is 4.05. The SMILES string of the molecule is CCCN1CCOC(CN)C1c1cc(F)c(F)cc1F. The number of hydrogen-bond acceptors (Lipinski definition) is 3. The van der Waals surface area contributed by atoms with Crippen molar-refractivity contribution in [1.82, 2.24) is 4.90 Å². The van der Waals surface area contributed by atoms with Gasteiger partial charge in [-0.05, 0) is 19.0 Å². The van der Waals surface area contributed by atoms with E-state index < -0.39 is 29.6 Å². The minimum atomic E-state index is -1.19. The van der Waals surface area contributed by atoms with Crippen LogP contribution in [0.1, 0.15) is 24.9 Å². The van der Waals surface area contributed by atoms with Crippen LogP contribution in [-0.4, -0.2) is 37.2 Å². The summed E-state index contributed by atoms with van der Waals surface area (Å²) in [6, 6.07) is 1.01. The first-order valence-electron chi connectivity index (χ1n) is 6.78. The molecule has 6 heteroatoms. The molecule has 0 saturated carbocycles. The maximum absolute atomic E-state index is 14.0. The molecule has 20 heavy (non-hydrogen) atoms. The van der Waals surface area contributed by atoms with Crippen LogP contribution in [0.4, 0.5) is 13.2 Å². The lowest BCUT2D eigenvalue weighted by Gasteiger charge is -2.41. The van der Waals surface area contributed by atoms with Crippen LogP contribution >= 0.6 is 0 Å². The monoisotopic (exact) mass is 288 g/mol. The molecule has 0 amide bonds. The molecular weight excluding hydrogens is 269 g/mol. The molecule has 1 fully saturated rings. The summed E-state index contributed by atoms with van der Waals surface area (Å²) in [5.41, 5.74) is 5.77. The zero-order valence-electron chi connectivity index (χ0n) is 11.4. The van der Waals surface area contributed by atoms with Crippen molar-refractivity contribution in [3.8, 4) is 0 Å². The highest BCUT2D eigenvalue weighted by molar-refractivity contribution is 5.25. The van der Waals surface area contributed by atoms with E-state index in [0.29, 0.717) is 19.2 Å². The topological polar surface area (TPSA) is 38.5 Å². The van der Waals surface area contributed by atoms with Gasteiger partial charge in [0, 0.05) is 24.7 Å². The van der Waals surface area contributed by atoms with E-state index >= 15 is 0 Å². The molecule has 2 rings (SSSR count). The maximum atomic E-state index is 14.0. The summed E-state index contributed by atoms with van der Waals surface area (Å²) in [7, 11) is 0. The Morgan fingerprint density at radius 1 is 1.25 bits per heavy atom. The Labute approximate surface area is 116 Å². The molecule has 3 nitrogen and oxygen atoms in total. The fraction of sp³-hybridized carbons (Fsp3) is 0.571. The molecule has 2 atom stereocenters. The Bertz CT molecular complexity index is 468. The van der Waals surface area contributed by atoms with Crippen molar-refractivity contribution in [3.05, 3.63) is 35.1 Å².